The third-order valence-electron chi connectivity index (χ3n) is 2.29. The van der Waals surface area contributed by atoms with Gasteiger partial charge in [0.1, 0.15) is 10.5 Å². The van der Waals surface area contributed by atoms with Crippen LogP contribution in [0.4, 0.5) is 0 Å². The van der Waals surface area contributed by atoms with Gasteiger partial charge in [0.05, 0.1) is 17.3 Å². The van der Waals surface area contributed by atoms with E-state index in [-0.39, 0.29) is 5.56 Å². The Morgan fingerprint density at radius 3 is 3.12 bits per heavy atom. The normalized spacial score (nSPS) is 11.1. The fourth-order valence-electron chi connectivity index (χ4n) is 1.55. The summed E-state index contributed by atoms with van der Waals surface area (Å²) in [6, 6.07) is 1.84. The number of hydrogen-bond acceptors (Lipinski definition) is 4. The molecule has 1 N–H and O–H groups in total. The molecule has 0 unspecified atom stereocenters. The van der Waals surface area contributed by atoms with Crippen LogP contribution in [-0.2, 0) is 7.05 Å². The molecule has 3 aromatic rings. The molecule has 3 rings (SSSR count). The van der Waals surface area contributed by atoms with E-state index in [0.717, 1.165) is 11.1 Å². The first-order chi connectivity index (χ1) is 7.74. The number of thiophene rings is 1. The number of hydrogen-bond donors (Lipinski definition) is 1. The molecule has 0 saturated carbocycles. The summed E-state index contributed by atoms with van der Waals surface area (Å²) >= 11 is 1.40. The summed E-state index contributed by atoms with van der Waals surface area (Å²) < 4.78 is 2.33. The SMILES string of the molecule is Cn1cc(-c2nc3ccsc3c(=O)[nH]2)cn1. The van der Waals surface area contributed by atoms with Crippen molar-refractivity contribution in [1.29, 1.82) is 0 Å². The van der Waals surface area contributed by atoms with Crippen LogP contribution < -0.4 is 5.56 Å². The molecule has 6 heteroatoms. The number of nitrogens with one attached hydrogen (secondary N) is 1. The van der Waals surface area contributed by atoms with Gasteiger partial charge in [-0.3, -0.25) is 9.48 Å². The van der Waals surface area contributed by atoms with Crippen LogP contribution in [-0.4, -0.2) is 19.7 Å². The highest BCUT2D eigenvalue weighted by Gasteiger charge is 2.07. The molecule has 0 spiro atoms. The zero-order valence-electron chi connectivity index (χ0n) is 8.47. The van der Waals surface area contributed by atoms with Crippen LogP contribution in [0, 0.1) is 0 Å². The summed E-state index contributed by atoms with van der Waals surface area (Å²) in [7, 11) is 1.82. The minimum atomic E-state index is -0.0983. The molecule has 0 aromatic carbocycles. The molecule has 0 saturated heterocycles. The fourth-order valence-corrected chi connectivity index (χ4v) is 2.28. The lowest BCUT2D eigenvalue weighted by Gasteiger charge is -1.96. The van der Waals surface area contributed by atoms with Crippen LogP contribution >= 0.6 is 11.3 Å². The third kappa shape index (κ3) is 1.35. The largest absolute Gasteiger partial charge is 0.305 e. The zero-order valence-corrected chi connectivity index (χ0v) is 9.28. The summed E-state index contributed by atoms with van der Waals surface area (Å²) in [6.07, 6.45) is 3.49. The molecule has 0 aliphatic rings. The molecule has 5 nitrogen and oxygen atoms in total. The van der Waals surface area contributed by atoms with Crippen molar-refractivity contribution in [2.75, 3.05) is 0 Å². The molecule has 0 atom stereocenters. The van der Waals surface area contributed by atoms with E-state index in [1.54, 1.807) is 10.9 Å². The summed E-state index contributed by atoms with van der Waals surface area (Å²) in [5.41, 5.74) is 1.44. The van der Waals surface area contributed by atoms with Gasteiger partial charge in [-0.1, -0.05) is 0 Å². The zero-order chi connectivity index (χ0) is 11.1. The Morgan fingerprint density at radius 2 is 2.38 bits per heavy atom. The van der Waals surface area contributed by atoms with Crippen LogP contribution in [0.3, 0.4) is 0 Å². The van der Waals surface area contributed by atoms with Gasteiger partial charge in [-0.2, -0.15) is 5.10 Å². The second-order valence-electron chi connectivity index (χ2n) is 3.45. The third-order valence-corrected chi connectivity index (χ3v) is 3.20. The van der Waals surface area contributed by atoms with Crippen LogP contribution in [0.25, 0.3) is 21.6 Å². The summed E-state index contributed by atoms with van der Waals surface area (Å²) in [6.45, 7) is 0. The van der Waals surface area contributed by atoms with Crippen LogP contribution in [0.15, 0.2) is 28.6 Å². The van der Waals surface area contributed by atoms with Crippen molar-refractivity contribution in [1.82, 2.24) is 19.7 Å². The number of fused-ring (bicyclic) bond motifs is 1. The monoisotopic (exact) mass is 232 g/mol. The number of aromatic amines is 1. The van der Waals surface area contributed by atoms with Crippen molar-refractivity contribution >= 4 is 21.6 Å². The molecule has 16 heavy (non-hydrogen) atoms. The van der Waals surface area contributed by atoms with Gasteiger partial charge in [0.2, 0.25) is 0 Å². The number of aromatic nitrogens is 4. The first-order valence-electron chi connectivity index (χ1n) is 4.70. The Morgan fingerprint density at radius 1 is 1.50 bits per heavy atom. The molecule has 0 bridgehead atoms. The van der Waals surface area contributed by atoms with Gasteiger partial charge in [-0.05, 0) is 11.4 Å². The molecule has 0 fully saturated rings. The summed E-state index contributed by atoms with van der Waals surface area (Å²) in [4.78, 5) is 18.9. The average molecular weight is 232 g/mol. The first-order valence-corrected chi connectivity index (χ1v) is 5.58. The van der Waals surface area contributed by atoms with Crippen molar-refractivity contribution in [3.05, 3.63) is 34.2 Å². The van der Waals surface area contributed by atoms with Gasteiger partial charge < -0.3 is 4.98 Å². The number of H-pyrrole nitrogens is 1. The topological polar surface area (TPSA) is 63.6 Å². The molecule has 80 valence electrons. The lowest BCUT2D eigenvalue weighted by Crippen LogP contribution is -2.07. The maximum Gasteiger partial charge on any atom is 0.269 e. The van der Waals surface area contributed by atoms with E-state index in [9.17, 15) is 4.79 Å². The van der Waals surface area contributed by atoms with Crippen LogP contribution in [0.5, 0.6) is 0 Å². The fraction of sp³-hybridized carbons (Fsp3) is 0.100. The number of rotatable bonds is 1. The second kappa shape index (κ2) is 3.28. The molecule has 0 aliphatic heterocycles. The Balaban J connectivity index is 2.28. The quantitative estimate of drug-likeness (QED) is 0.689. The molecule has 0 aliphatic carbocycles. The number of aryl methyl sites for hydroxylation is 1. The van der Waals surface area contributed by atoms with Crippen LogP contribution in [0.1, 0.15) is 0 Å². The van der Waals surface area contributed by atoms with Crippen molar-refractivity contribution < 1.29 is 0 Å². The van der Waals surface area contributed by atoms with Gasteiger partial charge in [-0.25, -0.2) is 4.98 Å². The van der Waals surface area contributed by atoms with Gasteiger partial charge in [-0.15, -0.1) is 11.3 Å². The average Bonchev–Trinajstić information content (AvgIpc) is 2.85. The maximum absolute atomic E-state index is 11.7. The Labute approximate surface area is 94.4 Å². The predicted octanol–water partition coefficient (Wildman–Crippen LogP) is 1.39. The van der Waals surface area contributed by atoms with E-state index < -0.39 is 0 Å². The lowest BCUT2D eigenvalue weighted by atomic mass is 10.3. The van der Waals surface area contributed by atoms with E-state index in [0.29, 0.717) is 10.5 Å². The summed E-state index contributed by atoms with van der Waals surface area (Å²) in [5.74, 6) is 0.559. The van der Waals surface area contributed by atoms with E-state index in [1.165, 1.54) is 11.3 Å². The standard InChI is InChI=1S/C10H8N4OS/c1-14-5-6(4-11-14)9-12-7-2-3-16-8(7)10(15)13-9/h2-5H,1H3,(H,12,13,15). The van der Waals surface area contributed by atoms with E-state index >= 15 is 0 Å². The highest BCUT2D eigenvalue weighted by atomic mass is 32.1. The van der Waals surface area contributed by atoms with Crippen molar-refractivity contribution in [2.24, 2.45) is 7.05 Å². The van der Waals surface area contributed by atoms with E-state index in [4.69, 9.17) is 0 Å². The number of nitrogens with zero attached hydrogens (tertiary/aromatic N) is 3. The highest BCUT2D eigenvalue weighted by molar-refractivity contribution is 7.17. The van der Waals surface area contributed by atoms with Gasteiger partial charge >= 0.3 is 0 Å². The van der Waals surface area contributed by atoms with Crippen molar-refractivity contribution in [2.45, 2.75) is 0 Å². The molecule has 3 aromatic heterocycles. The lowest BCUT2D eigenvalue weighted by molar-refractivity contribution is 0.768. The Bertz CT molecular complexity index is 709. The Kier molecular flexibility index (Phi) is 1.90. The van der Waals surface area contributed by atoms with E-state index in [2.05, 4.69) is 15.1 Å². The molecular formula is C10H8N4OS. The molecule has 3 heterocycles. The van der Waals surface area contributed by atoms with Gasteiger partial charge in [0.25, 0.3) is 5.56 Å². The van der Waals surface area contributed by atoms with Crippen molar-refractivity contribution in [3.63, 3.8) is 0 Å². The van der Waals surface area contributed by atoms with E-state index in [1.807, 2.05) is 24.7 Å². The van der Waals surface area contributed by atoms with Crippen molar-refractivity contribution in [3.8, 4) is 11.4 Å². The predicted molar refractivity (Wildman–Crippen MR) is 62.4 cm³/mol. The maximum atomic E-state index is 11.7. The molecular weight excluding hydrogens is 224 g/mol. The second-order valence-corrected chi connectivity index (χ2v) is 4.37. The summed E-state index contributed by atoms with van der Waals surface area (Å²) in [5, 5.41) is 5.91. The van der Waals surface area contributed by atoms with Gasteiger partial charge in [0, 0.05) is 13.2 Å². The first kappa shape index (κ1) is 9.29. The molecule has 0 radical (unpaired) electrons. The molecule has 0 amide bonds. The smallest absolute Gasteiger partial charge is 0.269 e. The Hall–Kier alpha value is -1.95. The minimum Gasteiger partial charge on any atom is -0.305 e. The minimum absolute atomic E-state index is 0.0983. The highest BCUT2D eigenvalue weighted by Crippen LogP contribution is 2.18. The van der Waals surface area contributed by atoms with Crippen LogP contribution in [0.2, 0.25) is 0 Å². The van der Waals surface area contributed by atoms with Gasteiger partial charge in [0.15, 0.2) is 0 Å².